The number of fused-ring (bicyclic) bond motifs is 1. The molecule has 1 heterocycles. The smallest absolute Gasteiger partial charge is 0.274 e. The molecule has 0 saturated carbocycles. The fraction of sp³-hybridized carbons (Fsp3) is 0.350. The average molecular weight is 388 g/mol. The summed E-state index contributed by atoms with van der Waals surface area (Å²) in [5, 5.41) is 0. The number of likely N-dealkylation sites (N-methyl/N-ethyl adjacent to an activating group) is 1. The molecule has 0 aliphatic carbocycles. The lowest BCUT2D eigenvalue weighted by Gasteiger charge is -2.26. The van der Waals surface area contributed by atoms with Gasteiger partial charge in [-0.25, -0.2) is 13.9 Å². The summed E-state index contributed by atoms with van der Waals surface area (Å²) >= 11 is 0. The summed E-state index contributed by atoms with van der Waals surface area (Å²) in [5.41, 5.74) is 6.27. The van der Waals surface area contributed by atoms with Gasteiger partial charge in [0.1, 0.15) is 6.10 Å². The van der Waals surface area contributed by atoms with E-state index in [1.807, 2.05) is 13.0 Å². The van der Waals surface area contributed by atoms with E-state index >= 15 is 0 Å². The van der Waals surface area contributed by atoms with Crippen LogP contribution in [0.25, 0.3) is 0 Å². The van der Waals surface area contributed by atoms with Crippen molar-refractivity contribution in [3.8, 4) is 0 Å². The zero-order chi connectivity index (χ0) is 19.6. The first-order valence-corrected chi connectivity index (χ1v) is 10.7. The fourth-order valence-corrected chi connectivity index (χ4v) is 3.77. The first-order valence-electron chi connectivity index (χ1n) is 8.80. The first kappa shape index (κ1) is 19.5. The Morgan fingerprint density at radius 3 is 2.70 bits per heavy atom. The van der Waals surface area contributed by atoms with Crippen molar-refractivity contribution < 1.29 is 18.0 Å². The highest BCUT2D eigenvalue weighted by atomic mass is 32.2. The van der Waals surface area contributed by atoms with E-state index in [-0.39, 0.29) is 16.6 Å². The number of sulfone groups is 1. The van der Waals surface area contributed by atoms with Gasteiger partial charge < -0.3 is 4.90 Å². The number of hydrogen-bond acceptors (Lipinski definition) is 5. The average Bonchev–Trinajstić information content (AvgIpc) is 2.64. The van der Waals surface area contributed by atoms with Gasteiger partial charge >= 0.3 is 0 Å². The quantitative estimate of drug-likeness (QED) is 0.797. The number of benzene rings is 2. The molecule has 1 amide bonds. The summed E-state index contributed by atoms with van der Waals surface area (Å²) in [6, 6.07) is 12.1. The minimum absolute atomic E-state index is 0.0991. The van der Waals surface area contributed by atoms with Crippen molar-refractivity contribution in [2.75, 3.05) is 19.8 Å². The molecule has 2 aromatic carbocycles. The largest absolute Gasteiger partial charge is 0.302 e. The predicted molar refractivity (Wildman–Crippen MR) is 103 cm³/mol. The van der Waals surface area contributed by atoms with Gasteiger partial charge in [-0.1, -0.05) is 24.3 Å². The van der Waals surface area contributed by atoms with Crippen molar-refractivity contribution in [3.05, 3.63) is 64.7 Å². The normalized spacial score (nSPS) is 15.8. The summed E-state index contributed by atoms with van der Waals surface area (Å²) in [6.07, 6.45) is 1.81. The number of rotatable bonds is 5. The van der Waals surface area contributed by atoms with Crippen LogP contribution in [0.5, 0.6) is 0 Å². The van der Waals surface area contributed by atoms with Crippen LogP contribution in [0, 0.1) is 0 Å². The van der Waals surface area contributed by atoms with Crippen molar-refractivity contribution in [1.29, 1.82) is 0 Å². The van der Waals surface area contributed by atoms with Gasteiger partial charge in [0.05, 0.1) is 4.90 Å². The van der Waals surface area contributed by atoms with Gasteiger partial charge in [0, 0.05) is 24.9 Å². The molecule has 7 heteroatoms. The van der Waals surface area contributed by atoms with Crippen molar-refractivity contribution in [1.82, 2.24) is 10.4 Å². The summed E-state index contributed by atoms with van der Waals surface area (Å²) in [4.78, 5) is 20.2. The molecular formula is C20H24N2O4S. The van der Waals surface area contributed by atoms with E-state index in [9.17, 15) is 13.2 Å². The second kappa shape index (κ2) is 7.80. The highest BCUT2D eigenvalue weighted by Gasteiger charge is 2.17. The summed E-state index contributed by atoms with van der Waals surface area (Å²) in [7, 11) is -1.27. The molecule has 3 rings (SSSR count). The van der Waals surface area contributed by atoms with Crippen LogP contribution in [0.3, 0.4) is 0 Å². The van der Waals surface area contributed by atoms with Crippen molar-refractivity contribution in [2.45, 2.75) is 30.9 Å². The Hall–Kier alpha value is -2.22. The highest BCUT2D eigenvalue weighted by molar-refractivity contribution is 7.90. The molecule has 0 fully saturated rings. The second-order valence-electron chi connectivity index (χ2n) is 7.01. The third-order valence-electron chi connectivity index (χ3n) is 4.76. The Balaban J connectivity index is 1.66. The maximum Gasteiger partial charge on any atom is 0.274 e. The Morgan fingerprint density at radius 2 is 1.96 bits per heavy atom. The Kier molecular flexibility index (Phi) is 5.64. The molecular weight excluding hydrogens is 364 g/mol. The number of nitrogens with zero attached hydrogens (tertiary/aromatic N) is 1. The lowest BCUT2D eigenvalue weighted by molar-refractivity contribution is -0.00897. The van der Waals surface area contributed by atoms with Crippen molar-refractivity contribution in [2.24, 2.45) is 0 Å². The zero-order valence-corrected chi connectivity index (χ0v) is 16.5. The van der Waals surface area contributed by atoms with Crippen LogP contribution in [0.4, 0.5) is 0 Å². The second-order valence-corrected chi connectivity index (χ2v) is 9.02. The molecule has 0 aromatic heterocycles. The number of carbonyl (C=O) groups excluding carboxylic acids is 1. The van der Waals surface area contributed by atoms with Gasteiger partial charge in [0.2, 0.25) is 0 Å². The topological polar surface area (TPSA) is 75.7 Å². The molecule has 0 bridgehead atoms. The molecule has 2 aromatic rings. The Morgan fingerprint density at radius 1 is 1.19 bits per heavy atom. The van der Waals surface area contributed by atoms with E-state index in [0.717, 1.165) is 31.3 Å². The van der Waals surface area contributed by atoms with E-state index < -0.39 is 15.7 Å². The first-order chi connectivity index (χ1) is 12.7. The Bertz CT molecular complexity index is 956. The summed E-state index contributed by atoms with van der Waals surface area (Å²) < 4.78 is 23.3. The standard InChI is InChI=1S/C20H24N2O4S/c1-14(16-8-7-15-9-10-22(2)13-18(15)11-16)26-21-20(23)17-5-4-6-19(12-17)27(3,24)25/h4-8,11-12,14H,9-10,13H2,1-3H3,(H,21,23). The van der Waals surface area contributed by atoms with Crippen LogP contribution in [0.15, 0.2) is 47.4 Å². The summed E-state index contributed by atoms with van der Waals surface area (Å²) in [5.74, 6) is -0.481. The molecule has 6 nitrogen and oxygen atoms in total. The molecule has 27 heavy (non-hydrogen) atoms. The highest BCUT2D eigenvalue weighted by Crippen LogP contribution is 2.24. The van der Waals surface area contributed by atoms with Gasteiger partial charge in [-0.2, -0.15) is 0 Å². The monoisotopic (exact) mass is 388 g/mol. The number of hydrogen-bond donors (Lipinski definition) is 1. The Labute approximate surface area is 160 Å². The number of nitrogens with one attached hydrogen (secondary N) is 1. The van der Waals surface area contributed by atoms with Gasteiger partial charge in [0.25, 0.3) is 5.91 Å². The molecule has 1 aliphatic heterocycles. The van der Waals surface area contributed by atoms with E-state index in [4.69, 9.17) is 4.84 Å². The minimum Gasteiger partial charge on any atom is -0.302 e. The maximum atomic E-state index is 12.3. The molecule has 1 N–H and O–H groups in total. The molecule has 1 aliphatic rings. The van der Waals surface area contributed by atoms with Crippen LogP contribution in [0.2, 0.25) is 0 Å². The van der Waals surface area contributed by atoms with E-state index in [2.05, 4.69) is 29.6 Å². The number of carbonyl (C=O) groups is 1. The number of hydroxylamine groups is 1. The molecule has 0 saturated heterocycles. The molecule has 0 spiro atoms. The predicted octanol–water partition coefficient (Wildman–Crippen LogP) is 2.50. The molecule has 0 radical (unpaired) electrons. The van der Waals surface area contributed by atoms with Crippen LogP contribution in [-0.4, -0.2) is 39.1 Å². The SMILES string of the molecule is CC(ONC(=O)c1cccc(S(C)(=O)=O)c1)c1ccc2c(c1)CN(C)CC2. The van der Waals surface area contributed by atoms with Crippen LogP contribution in [-0.2, 0) is 27.6 Å². The molecule has 1 unspecified atom stereocenters. The van der Waals surface area contributed by atoms with Crippen LogP contribution >= 0.6 is 0 Å². The maximum absolute atomic E-state index is 12.3. The number of amides is 1. The minimum atomic E-state index is -3.37. The van der Waals surface area contributed by atoms with Crippen LogP contribution < -0.4 is 5.48 Å². The third kappa shape index (κ3) is 4.74. The van der Waals surface area contributed by atoms with Crippen molar-refractivity contribution in [3.63, 3.8) is 0 Å². The van der Waals surface area contributed by atoms with Gasteiger partial charge in [-0.15, -0.1) is 0 Å². The molecule has 144 valence electrons. The third-order valence-corrected chi connectivity index (χ3v) is 5.87. The fourth-order valence-electron chi connectivity index (χ4n) is 3.11. The van der Waals surface area contributed by atoms with E-state index in [1.54, 1.807) is 6.07 Å². The lowest BCUT2D eigenvalue weighted by atomic mass is 9.96. The van der Waals surface area contributed by atoms with E-state index in [0.29, 0.717) is 0 Å². The van der Waals surface area contributed by atoms with Gasteiger partial charge in [-0.3, -0.25) is 9.63 Å². The van der Waals surface area contributed by atoms with Crippen LogP contribution in [0.1, 0.15) is 40.1 Å². The lowest BCUT2D eigenvalue weighted by Crippen LogP contribution is -2.27. The van der Waals surface area contributed by atoms with Gasteiger partial charge in [0.15, 0.2) is 9.84 Å². The molecule has 1 atom stereocenters. The zero-order valence-electron chi connectivity index (χ0n) is 15.7. The van der Waals surface area contributed by atoms with E-state index in [1.165, 1.54) is 29.3 Å². The van der Waals surface area contributed by atoms with Crippen molar-refractivity contribution >= 4 is 15.7 Å². The van der Waals surface area contributed by atoms with Gasteiger partial charge in [-0.05, 0) is 55.3 Å². The summed E-state index contributed by atoms with van der Waals surface area (Å²) in [6.45, 7) is 3.82.